The molecule has 8 heteroatoms. The molecule has 0 saturated carbocycles. The van der Waals surface area contributed by atoms with Gasteiger partial charge in [-0.2, -0.15) is 4.31 Å². The van der Waals surface area contributed by atoms with E-state index in [1.165, 1.54) is 4.31 Å². The number of nitrogens with zero attached hydrogens (tertiary/aromatic N) is 1. The van der Waals surface area contributed by atoms with E-state index < -0.39 is 27.7 Å². The molecule has 1 N–H and O–H groups in total. The van der Waals surface area contributed by atoms with Crippen LogP contribution in [-0.4, -0.2) is 41.1 Å². The molecule has 1 aromatic carbocycles. The van der Waals surface area contributed by atoms with Crippen molar-refractivity contribution in [2.24, 2.45) is 5.92 Å². The Kier molecular flexibility index (Phi) is 6.78. The maximum atomic E-state index is 13.4. The van der Waals surface area contributed by atoms with Crippen LogP contribution in [-0.2, 0) is 14.8 Å². The summed E-state index contributed by atoms with van der Waals surface area (Å²) in [6.07, 6.45) is 6.12. The van der Waals surface area contributed by atoms with Crippen LogP contribution >= 0.6 is 23.2 Å². The largest absolute Gasteiger partial charge is 0.481 e. The summed E-state index contributed by atoms with van der Waals surface area (Å²) in [5, 5.41) is 9.56. The minimum atomic E-state index is -3.79. The van der Waals surface area contributed by atoms with E-state index in [2.05, 4.69) is 0 Å². The lowest BCUT2D eigenvalue weighted by Crippen LogP contribution is -2.58. The van der Waals surface area contributed by atoms with E-state index in [9.17, 15) is 18.3 Å². The van der Waals surface area contributed by atoms with Crippen molar-refractivity contribution in [3.8, 4) is 0 Å². The molecule has 0 aromatic heterocycles. The second-order valence-corrected chi connectivity index (χ2v) is 10.9. The van der Waals surface area contributed by atoms with Gasteiger partial charge in [-0.1, -0.05) is 47.5 Å². The molecule has 3 rings (SSSR count). The number of rotatable bonds is 5. The molecule has 0 radical (unpaired) electrons. The normalized spacial score (nSPS) is 29.6. The predicted molar refractivity (Wildman–Crippen MR) is 116 cm³/mol. The lowest BCUT2D eigenvalue weighted by atomic mass is 9.77. The number of carboxylic acids is 1. The van der Waals surface area contributed by atoms with Crippen molar-refractivity contribution < 1.29 is 18.3 Å². The Hall–Kier alpha value is -1.34. The van der Waals surface area contributed by atoms with Gasteiger partial charge in [0.2, 0.25) is 10.0 Å². The molecule has 1 saturated heterocycles. The van der Waals surface area contributed by atoms with Crippen LogP contribution in [0.25, 0.3) is 0 Å². The summed E-state index contributed by atoms with van der Waals surface area (Å²) in [4.78, 5) is 11.4. The number of halogens is 2. The van der Waals surface area contributed by atoms with Gasteiger partial charge in [0.25, 0.3) is 0 Å². The maximum Gasteiger partial charge on any atom is 0.304 e. The molecule has 158 valence electrons. The number of aliphatic carboxylic acids is 1. The lowest BCUT2D eigenvalue weighted by molar-refractivity contribution is -0.137. The van der Waals surface area contributed by atoms with Gasteiger partial charge >= 0.3 is 5.97 Å². The van der Waals surface area contributed by atoms with E-state index in [1.807, 2.05) is 44.2 Å². The highest BCUT2D eigenvalue weighted by atomic mass is 35.5. The Bertz CT molecular complexity index is 942. The van der Waals surface area contributed by atoms with Crippen LogP contribution in [0.4, 0.5) is 0 Å². The summed E-state index contributed by atoms with van der Waals surface area (Å²) in [7, 11) is -3.79. The third kappa shape index (κ3) is 4.71. The minimum absolute atomic E-state index is 0.0653. The summed E-state index contributed by atoms with van der Waals surface area (Å²) in [6.45, 7) is 3.66. The van der Waals surface area contributed by atoms with Crippen LogP contribution in [0.1, 0.15) is 44.6 Å². The monoisotopic (exact) mass is 457 g/mol. The molecule has 0 spiro atoms. The molecule has 29 heavy (non-hydrogen) atoms. The van der Waals surface area contributed by atoms with E-state index >= 15 is 0 Å². The minimum Gasteiger partial charge on any atom is -0.481 e. The van der Waals surface area contributed by atoms with Crippen molar-refractivity contribution in [2.75, 3.05) is 0 Å². The molecule has 1 heterocycles. The smallest absolute Gasteiger partial charge is 0.304 e. The first-order valence-electron chi connectivity index (χ1n) is 9.64. The van der Waals surface area contributed by atoms with Crippen LogP contribution in [0.3, 0.4) is 0 Å². The van der Waals surface area contributed by atoms with Crippen LogP contribution < -0.4 is 0 Å². The highest BCUT2D eigenvalue weighted by Gasteiger charge is 2.50. The number of hydrogen-bond donors (Lipinski definition) is 1. The molecular weight excluding hydrogens is 433 g/mol. The Morgan fingerprint density at radius 2 is 2.03 bits per heavy atom. The van der Waals surface area contributed by atoms with Gasteiger partial charge in [-0.15, -0.1) is 0 Å². The van der Waals surface area contributed by atoms with Crippen molar-refractivity contribution in [3.05, 3.63) is 58.1 Å². The molecule has 1 aliphatic heterocycles. The lowest BCUT2D eigenvalue weighted by Gasteiger charge is -2.48. The highest BCUT2D eigenvalue weighted by Crippen LogP contribution is 2.45. The zero-order valence-electron chi connectivity index (χ0n) is 16.3. The van der Waals surface area contributed by atoms with Gasteiger partial charge in [0.05, 0.1) is 11.7 Å². The number of carboxylic acid groups (broad SMARTS) is 1. The van der Waals surface area contributed by atoms with E-state index in [-0.39, 0.29) is 30.3 Å². The molecule has 1 aliphatic carbocycles. The Balaban J connectivity index is 2.13. The number of hydrogen-bond acceptors (Lipinski definition) is 3. The summed E-state index contributed by atoms with van der Waals surface area (Å²) in [5.74, 6) is -1.36. The van der Waals surface area contributed by atoms with Gasteiger partial charge in [-0.05, 0) is 56.4 Å². The Morgan fingerprint density at radius 3 is 2.59 bits per heavy atom. The molecule has 1 aromatic rings. The second-order valence-electron chi connectivity index (χ2n) is 7.92. The van der Waals surface area contributed by atoms with Gasteiger partial charge < -0.3 is 5.11 Å². The van der Waals surface area contributed by atoms with Crippen LogP contribution in [0, 0.1) is 5.92 Å². The third-order valence-corrected chi connectivity index (χ3v) is 8.62. The Morgan fingerprint density at radius 1 is 1.31 bits per heavy atom. The standard InChI is InChI=1S/C21H25Cl2NO4S/c1-13(2)24-21(14-6-8-16(22)9-7-14)19(15-4-3-5-17(23)10-15)11-18(12-20(25)26)29(24,27)28/h3-6,8-10,13-14,18-19,21H,7,11-12H2,1-2H3,(H,25,26)/t14?,18-,19-,21-/m1/s1. The van der Waals surface area contributed by atoms with Gasteiger partial charge in [-0.3, -0.25) is 4.79 Å². The fraction of sp³-hybridized carbons (Fsp3) is 0.476. The average Bonchev–Trinajstić information content (AvgIpc) is 2.62. The summed E-state index contributed by atoms with van der Waals surface area (Å²) in [6, 6.07) is 6.75. The predicted octanol–water partition coefficient (Wildman–Crippen LogP) is 4.78. The molecule has 4 atom stereocenters. The zero-order chi connectivity index (χ0) is 21.3. The van der Waals surface area contributed by atoms with Crippen LogP contribution in [0.2, 0.25) is 5.02 Å². The second kappa shape index (κ2) is 8.80. The van der Waals surface area contributed by atoms with Crippen LogP contribution in [0.5, 0.6) is 0 Å². The SMILES string of the molecule is CC(C)N1[C@H](C2C=CC(Cl)=CC2)[C@@H](c2cccc(Cl)c2)C[C@H](CC(=O)O)S1(=O)=O. The van der Waals surface area contributed by atoms with E-state index in [1.54, 1.807) is 12.1 Å². The van der Waals surface area contributed by atoms with Gasteiger partial charge in [0, 0.05) is 28.1 Å². The molecule has 5 nitrogen and oxygen atoms in total. The van der Waals surface area contributed by atoms with Crippen LogP contribution in [0.15, 0.2) is 47.5 Å². The number of carbonyl (C=O) groups is 1. The average molecular weight is 458 g/mol. The van der Waals surface area contributed by atoms with E-state index in [4.69, 9.17) is 23.2 Å². The van der Waals surface area contributed by atoms with E-state index in [0.717, 1.165) is 5.56 Å². The fourth-order valence-electron chi connectivity index (χ4n) is 4.51. The van der Waals surface area contributed by atoms with Crippen molar-refractivity contribution >= 4 is 39.2 Å². The Labute approximate surface area is 182 Å². The van der Waals surface area contributed by atoms with Crippen molar-refractivity contribution in [1.29, 1.82) is 0 Å². The summed E-state index contributed by atoms with van der Waals surface area (Å²) in [5.41, 5.74) is 0.924. The third-order valence-electron chi connectivity index (χ3n) is 5.65. The molecular formula is C21H25Cl2NO4S. The fourth-order valence-corrected chi connectivity index (χ4v) is 7.25. The number of sulfonamides is 1. The first-order valence-corrected chi connectivity index (χ1v) is 11.9. The zero-order valence-corrected chi connectivity index (χ0v) is 18.7. The highest BCUT2D eigenvalue weighted by molar-refractivity contribution is 7.89. The first kappa shape index (κ1) is 22.3. The van der Waals surface area contributed by atoms with Crippen molar-refractivity contribution in [1.82, 2.24) is 4.31 Å². The van der Waals surface area contributed by atoms with Crippen molar-refractivity contribution in [2.45, 2.75) is 56.4 Å². The van der Waals surface area contributed by atoms with Crippen molar-refractivity contribution in [3.63, 3.8) is 0 Å². The summed E-state index contributed by atoms with van der Waals surface area (Å²) < 4.78 is 28.4. The molecule has 2 aliphatic rings. The number of allylic oxidation sites excluding steroid dienone is 3. The maximum absolute atomic E-state index is 13.4. The number of benzene rings is 1. The van der Waals surface area contributed by atoms with E-state index in [0.29, 0.717) is 16.5 Å². The quantitative estimate of drug-likeness (QED) is 0.689. The van der Waals surface area contributed by atoms with Gasteiger partial charge in [-0.25, -0.2) is 8.42 Å². The molecule has 1 fully saturated rings. The molecule has 1 unspecified atom stereocenters. The molecule has 0 bridgehead atoms. The van der Waals surface area contributed by atoms with Gasteiger partial charge in [0.15, 0.2) is 0 Å². The molecule has 0 amide bonds. The first-order chi connectivity index (χ1) is 13.6. The summed E-state index contributed by atoms with van der Waals surface area (Å²) >= 11 is 12.3. The topological polar surface area (TPSA) is 74.7 Å². The van der Waals surface area contributed by atoms with Gasteiger partial charge in [0.1, 0.15) is 0 Å².